The van der Waals surface area contributed by atoms with Gasteiger partial charge in [0, 0.05) is 25.0 Å². The predicted octanol–water partition coefficient (Wildman–Crippen LogP) is 2.52. The summed E-state index contributed by atoms with van der Waals surface area (Å²) in [6, 6.07) is 0. The van der Waals surface area contributed by atoms with Gasteiger partial charge in [-0.3, -0.25) is 0 Å². The Bertz CT molecular complexity index is 101. The van der Waals surface area contributed by atoms with Crippen LogP contribution in [0.15, 0.2) is 0 Å². The molecule has 0 rings (SSSR count). The lowest BCUT2D eigenvalue weighted by Gasteiger charge is -2.18. The number of hydrogen-bond acceptors (Lipinski definition) is 2. The normalized spacial score (nSPS) is 11.1. The highest BCUT2D eigenvalue weighted by molar-refractivity contribution is 9.09. The molecule has 3 heteroatoms. The zero-order chi connectivity index (χ0) is 9.94. The summed E-state index contributed by atoms with van der Waals surface area (Å²) < 4.78 is 5.50. The lowest BCUT2D eigenvalue weighted by Crippen LogP contribution is -2.29. The van der Waals surface area contributed by atoms with Gasteiger partial charge in [-0.25, -0.2) is 0 Å². The zero-order valence-corrected chi connectivity index (χ0v) is 10.5. The first kappa shape index (κ1) is 13.4. The van der Waals surface area contributed by atoms with Gasteiger partial charge in [0.2, 0.25) is 0 Å². The molecule has 0 aromatic rings. The van der Waals surface area contributed by atoms with Crippen LogP contribution in [0.25, 0.3) is 0 Å². The van der Waals surface area contributed by atoms with Gasteiger partial charge in [-0.05, 0) is 13.0 Å². The Hall–Kier alpha value is 0.400. The molecular weight excluding hydrogens is 230 g/mol. The van der Waals surface area contributed by atoms with E-state index in [2.05, 4.69) is 34.7 Å². The van der Waals surface area contributed by atoms with E-state index in [-0.39, 0.29) is 0 Å². The van der Waals surface area contributed by atoms with Gasteiger partial charge in [0.05, 0.1) is 6.61 Å². The van der Waals surface area contributed by atoms with Crippen molar-refractivity contribution in [2.24, 2.45) is 0 Å². The highest BCUT2D eigenvalue weighted by Crippen LogP contribution is 1.92. The van der Waals surface area contributed by atoms with E-state index in [4.69, 9.17) is 4.74 Å². The van der Waals surface area contributed by atoms with Crippen molar-refractivity contribution in [1.82, 2.24) is 4.90 Å². The molecule has 0 saturated carbocycles. The maximum absolute atomic E-state index is 5.50. The fraction of sp³-hybridized carbons (Fsp3) is 1.00. The van der Waals surface area contributed by atoms with E-state index in [1.165, 1.54) is 12.8 Å². The van der Waals surface area contributed by atoms with Crippen molar-refractivity contribution < 1.29 is 4.74 Å². The smallest absolute Gasteiger partial charge is 0.0593 e. The number of rotatable bonds is 9. The molecule has 2 nitrogen and oxygen atoms in total. The molecule has 0 fully saturated rings. The molecule has 0 aromatic heterocycles. The summed E-state index contributed by atoms with van der Waals surface area (Å²) in [6.07, 6.45) is 2.41. The predicted molar refractivity (Wildman–Crippen MR) is 61.6 cm³/mol. The number of nitrogens with zero attached hydrogens (tertiary/aromatic N) is 1. The number of halogens is 1. The minimum atomic E-state index is 0.876. The van der Waals surface area contributed by atoms with Crippen molar-refractivity contribution in [1.29, 1.82) is 0 Å². The first-order valence-electron chi connectivity index (χ1n) is 5.21. The van der Waals surface area contributed by atoms with Crippen molar-refractivity contribution in [2.75, 3.05) is 38.2 Å². The van der Waals surface area contributed by atoms with Crippen LogP contribution in [-0.2, 0) is 4.74 Å². The standard InChI is InChI=1S/C10H22BrNO/c1-3-5-9-13-10-8-12(4-2)7-6-11/h3-10H2,1-2H3. The molecular formula is C10H22BrNO. The third-order valence-corrected chi connectivity index (χ3v) is 2.40. The van der Waals surface area contributed by atoms with Crippen LogP contribution in [0.2, 0.25) is 0 Å². The van der Waals surface area contributed by atoms with Crippen molar-refractivity contribution in [3.8, 4) is 0 Å². The topological polar surface area (TPSA) is 12.5 Å². The average molecular weight is 252 g/mol. The van der Waals surface area contributed by atoms with E-state index in [9.17, 15) is 0 Å². The van der Waals surface area contributed by atoms with Crippen LogP contribution in [0.5, 0.6) is 0 Å². The van der Waals surface area contributed by atoms with Crippen molar-refractivity contribution in [3.05, 3.63) is 0 Å². The average Bonchev–Trinajstić information content (AvgIpc) is 2.16. The third-order valence-electron chi connectivity index (χ3n) is 2.04. The molecule has 0 saturated heterocycles. The monoisotopic (exact) mass is 251 g/mol. The molecule has 0 spiro atoms. The van der Waals surface area contributed by atoms with E-state index in [0.29, 0.717) is 0 Å². The minimum absolute atomic E-state index is 0.876. The van der Waals surface area contributed by atoms with E-state index in [1.807, 2.05) is 0 Å². The zero-order valence-electron chi connectivity index (χ0n) is 8.89. The molecule has 0 aliphatic heterocycles. The molecule has 0 aliphatic rings. The maximum Gasteiger partial charge on any atom is 0.0593 e. The summed E-state index contributed by atoms with van der Waals surface area (Å²) in [7, 11) is 0. The number of ether oxygens (including phenoxy) is 1. The molecule has 80 valence electrons. The quantitative estimate of drug-likeness (QED) is 0.462. The highest BCUT2D eigenvalue weighted by atomic mass is 79.9. The molecule has 0 heterocycles. The Morgan fingerprint density at radius 3 is 2.46 bits per heavy atom. The summed E-state index contributed by atoms with van der Waals surface area (Å²) in [6.45, 7) is 9.46. The van der Waals surface area contributed by atoms with Crippen LogP contribution in [0.4, 0.5) is 0 Å². The second kappa shape index (κ2) is 10.5. The lowest BCUT2D eigenvalue weighted by molar-refractivity contribution is 0.105. The SMILES string of the molecule is CCCCOCCN(CC)CCBr. The summed E-state index contributed by atoms with van der Waals surface area (Å²) in [5, 5.41) is 1.05. The first-order valence-corrected chi connectivity index (χ1v) is 6.33. The Morgan fingerprint density at radius 2 is 1.92 bits per heavy atom. The van der Waals surface area contributed by atoms with Crippen LogP contribution in [0.1, 0.15) is 26.7 Å². The Labute approximate surface area is 90.8 Å². The largest absolute Gasteiger partial charge is 0.380 e. The maximum atomic E-state index is 5.50. The molecule has 0 bridgehead atoms. The Morgan fingerprint density at radius 1 is 1.15 bits per heavy atom. The Balaban J connectivity index is 3.17. The van der Waals surface area contributed by atoms with Gasteiger partial charge in [0.15, 0.2) is 0 Å². The summed E-state index contributed by atoms with van der Waals surface area (Å²) >= 11 is 3.44. The second-order valence-electron chi connectivity index (χ2n) is 3.09. The van der Waals surface area contributed by atoms with Crippen LogP contribution >= 0.6 is 15.9 Å². The summed E-state index contributed by atoms with van der Waals surface area (Å²) in [5.41, 5.74) is 0. The highest BCUT2D eigenvalue weighted by Gasteiger charge is 1.99. The summed E-state index contributed by atoms with van der Waals surface area (Å²) in [5.74, 6) is 0. The van der Waals surface area contributed by atoms with Crippen molar-refractivity contribution in [3.63, 3.8) is 0 Å². The first-order chi connectivity index (χ1) is 6.35. The number of alkyl halides is 1. The molecule has 0 unspecified atom stereocenters. The molecule has 13 heavy (non-hydrogen) atoms. The molecule has 0 radical (unpaired) electrons. The molecule has 0 aromatic carbocycles. The second-order valence-corrected chi connectivity index (χ2v) is 3.88. The number of unbranched alkanes of at least 4 members (excludes halogenated alkanes) is 1. The van der Waals surface area contributed by atoms with Crippen LogP contribution in [-0.4, -0.2) is 43.1 Å². The van der Waals surface area contributed by atoms with E-state index < -0.39 is 0 Å². The minimum Gasteiger partial charge on any atom is -0.380 e. The van der Waals surface area contributed by atoms with Crippen LogP contribution in [0.3, 0.4) is 0 Å². The van der Waals surface area contributed by atoms with E-state index in [0.717, 1.165) is 38.2 Å². The van der Waals surface area contributed by atoms with E-state index >= 15 is 0 Å². The number of hydrogen-bond donors (Lipinski definition) is 0. The fourth-order valence-corrected chi connectivity index (χ4v) is 1.59. The lowest BCUT2D eigenvalue weighted by atomic mass is 10.4. The molecule has 0 atom stereocenters. The van der Waals surface area contributed by atoms with E-state index in [1.54, 1.807) is 0 Å². The molecule has 0 aliphatic carbocycles. The van der Waals surface area contributed by atoms with Gasteiger partial charge in [0.25, 0.3) is 0 Å². The van der Waals surface area contributed by atoms with Gasteiger partial charge in [-0.2, -0.15) is 0 Å². The Kier molecular flexibility index (Phi) is 10.8. The van der Waals surface area contributed by atoms with Gasteiger partial charge in [-0.1, -0.05) is 36.2 Å². The van der Waals surface area contributed by atoms with Gasteiger partial charge < -0.3 is 9.64 Å². The molecule has 0 amide bonds. The fourth-order valence-electron chi connectivity index (χ4n) is 1.09. The van der Waals surface area contributed by atoms with Crippen molar-refractivity contribution >= 4 is 15.9 Å². The van der Waals surface area contributed by atoms with Gasteiger partial charge >= 0.3 is 0 Å². The van der Waals surface area contributed by atoms with Crippen molar-refractivity contribution in [2.45, 2.75) is 26.7 Å². The van der Waals surface area contributed by atoms with Gasteiger partial charge in [0.1, 0.15) is 0 Å². The van der Waals surface area contributed by atoms with Crippen LogP contribution in [0, 0.1) is 0 Å². The van der Waals surface area contributed by atoms with Gasteiger partial charge in [-0.15, -0.1) is 0 Å². The van der Waals surface area contributed by atoms with Crippen LogP contribution < -0.4 is 0 Å². The summed E-state index contributed by atoms with van der Waals surface area (Å²) in [4.78, 5) is 2.39. The third kappa shape index (κ3) is 8.72. The number of likely N-dealkylation sites (N-methyl/N-ethyl adjacent to an activating group) is 1. The molecule has 0 N–H and O–H groups in total.